The van der Waals surface area contributed by atoms with Gasteiger partial charge in [0, 0.05) is 39.0 Å². The zero-order valence-corrected chi connectivity index (χ0v) is 34.1. The van der Waals surface area contributed by atoms with E-state index < -0.39 is 0 Å². The van der Waals surface area contributed by atoms with Crippen LogP contribution in [-0.4, -0.2) is 14.5 Å². The Morgan fingerprint density at radius 2 is 1.06 bits per heavy atom. The average molecular weight is 817 g/mol. The number of nitriles is 1. The lowest BCUT2D eigenvalue weighted by Crippen LogP contribution is -2.09. The molecule has 10 aromatic rings. The molecule has 2 aromatic heterocycles. The van der Waals surface area contributed by atoms with Crippen LogP contribution < -0.4 is 4.90 Å². The van der Waals surface area contributed by atoms with Crippen LogP contribution in [0.25, 0.3) is 87.1 Å². The first-order chi connectivity index (χ1) is 31.5. The molecule has 0 fully saturated rings. The van der Waals surface area contributed by atoms with Crippen molar-refractivity contribution in [3.8, 4) is 56.8 Å². The minimum Gasteiger partial charge on any atom is -0.319 e. The monoisotopic (exact) mass is 816 g/mol. The first kappa shape index (κ1) is 38.6. The minimum atomic E-state index is 0.411. The molecule has 0 spiro atoms. The molecule has 0 aliphatic carbocycles. The number of aromatic nitrogens is 3. The Kier molecular flexibility index (Phi) is 9.92. The summed E-state index contributed by atoms with van der Waals surface area (Å²) in [6, 6.07) is 65.4. The quantitative estimate of drug-likeness (QED) is 0.143. The molecule has 64 heavy (non-hydrogen) atoms. The predicted molar refractivity (Wildman–Crippen MR) is 256 cm³/mol. The molecule has 0 unspecified atom stereocenters. The van der Waals surface area contributed by atoms with E-state index in [-0.39, 0.29) is 0 Å². The summed E-state index contributed by atoms with van der Waals surface area (Å²) in [7, 11) is 0. The largest absolute Gasteiger partial charge is 0.319 e. The first-order valence-corrected chi connectivity index (χ1v) is 20.4. The topological polar surface area (TPSA) is 70.8 Å². The standard InChI is InChI=1S/C56H32N8/c1-58-42-16-12-14-39(30-42)51-35-50(61-56(62-51)40-15-13-17-43(31-40)59-2)38-26-24-37(25-27-38)48-34-52(60-3)55(32-41(48)36-57)64-53-23-11-10-22-47(53)49-33-46(28-29-54(49)64)63(44-18-6-4-7-19-44)45-20-8-5-9-21-45/h4-35H. The van der Waals surface area contributed by atoms with Gasteiger partial charge in [-0.25, -0.2) is 24.5 Å². The highest BCUT2D eigenvalue weighted by Gasteiger charge is 2.21. The summed E-state index contributed by atoms with van der Waals surface area (Å²) in [5.41, 5.74) is 12.3. The van der Waals surface area contributed by atoms with E-state index in [9.17, 15) is 5.26 Å². The van der Waals surface area contributed by atoms with Crippen molar-refractivity contribution >= 4 is 55.9 Å². The second-order valence-electron chi connectivity index (χ2n) is 15.0. The molecule has 8 nitrogen and oxygen atoms in total. The lowest BCUT2D eigenvalue weighted by Gasteiger charge is -2.25. The smallest absolute Gasteiger partial charge is 0.211 e. The Hall–Kier alpha value is -9.60. The molecule has 2 heterocycles. The fourth-order valence-corrected chi connectivity index (χ4v) is 8.28. The van der Waals surface area contributed by atoms with E-state index in [1.165, 1.54) is 0 Å². The number of para-hydroxylation sites is 3. The molecular formula is C56H32N8. The summed E-state index contributed by atoms with van der Waals surface area (Å²) >= 11 is 0. The van der Waals surface area contributed by atoms with Crippen molar-refractivity contribution in [2.24, 2.45) is 0 Å². The molecule has 8 heteroatoms. The highest BCUT2D eigenvalue weighted by Crippen LogP contribution is 2.43. The molecule has 0 bridgehead atoms. The van der Waals surface area contributed by atoms with Crippen molar-refractivity contribution in [2.45, 2.75) is 0 Å². The zero-order valence-electron chi connectivity index (χ0n) is 34.1. The highest BCUT2D eigenvalue weighted by molar-refractivity contribution is 6.11. The van der Waals surface area contributed by atoms with Crippen molar-refractivity contribution in [2.75, 3.05) is 4.90 Å². The van der Waals surface area contributed by atoms with Crippen molar-refractivity contribution in [1.29, 1.82) is 5.26 Å². The Labute approximate surface area is 369 Å². The maximum absolute atomic E-state index is 10.7. The Balaban J connectivity index is 1.06. The highest BCUT2D eigenvalue weighted by atomic mass is 15.1. The number of anilines is 3. The molecular weight excluding hydrogens is 785 g/mol. The zero-order chi connectivity index (χ0) is 43.6. The molecule has 0 saturated heterocycles. The van der Waals surface area contributed by atoms with Crippen LogP contribution in [0.15, 0.2) is 194 Å². The number of rotatable bonds is 8. The Morgan fingerprint density at radius 3 is 1.72 bits per heavy atom. The maximum atomic E-state index is 10.7. The second-order valence-corrected chi connectivity index (χ2v) is 15.0. The molecule has 0 radical (unpaired) electrons. The van der Waals surface area contributed by atoms with Crippen LogP contribution in [-0.2, 0) is 0 Å². The number of hydrogen-bond donors (Lipinski definition) is 0. The average Bonchev–Trinajstić information content (AvgIpc) is 3.70. The molecule has 0 N–H and O–H groups in total. The van der Waals surface area contributed by atoms with Crippen LogP contribution in [0, 0.1) is 31.0 Å². The predicted octanol–water partition coefficient (Wildman–Crippen LogP) is 15.2. The van der Waals surface area contributed by atoms with E-state index in [1.54, 1.807) is 24.3 Å². The molecule has 0 aliphatic rings. The van der Waals surface area contributed by atoms with E-state index >= 15 is 0 Å². The summed E-state index contributed by atoms with van der Waals surface area (Å²) in [6.45, 7) is 23.5. The first-order valence-electron chi connectivity index (χ1n) is 20.4. The normalized spacial score (nSPS) is 10.8. The van der Waals surface area contributed by atoms with Gasteiger partial charge in [0.15, 0.2) is 17.2 Å². The van der Waals surface area contributed by atoms with E-state index in [4.69, 9.17) is 29.7 Å². The maximum Gasteiger partial charge on any atom is 0.211 e. The van der Waals surface area contributed by atoms with Gasteiger partial charge < -0.3 is 9.47 Å². The van der Waals surface area contributed by atoms with E-state index in [1.807, 2.05) is 115 Å². The van der Waals surface area contributed by atoms with E-state index in [0.717, 1.165) is 55.6 Å². The van der Waals surface area contributed by atoms with Crippen LogP contribution in [0.4, 0.5) is 34.1 Å². The molecule has 10 rings (SSSR count). The molecule has 0 saturated carbocycles. The van der Waals surface area contributed by atoms with Gasteiger partial charge in [0.25, 0.3) is 0 Å². The van der Waals surface area contributed by atoms with E-state index in [0.29, 0.717) is 56.7 Å². The number of nitrogens with zero attached hydrogens (tertiary/aromatic N) is 8. The molecule has 0 amide bonds. The van der Waals surface area contributed by atoms with Crippen LogP contribution in [0.5, 0.6) is 0 Å². The van der Waals surface area contributed by atoms with Gasteiger partial charge in [-0.2, -0.15) is 5.26 Å². The molecule has 296 valence electrons. The van der Waals surface area contributed by atoms with Crippen molar-refractivity contribution in [3.63, 3.8) is 0 Å². The summed E-state index contributed by atoms with van der Waals surface area (Å²) in [5, 5.41) is 12.7. The summed E-state index contributed by atoms with van der Waals surface area (Å²) in [5.74, 6) is 0.449. The minimum absolute atomic E-state index is 0.411. The van der Waals surface area contributed by atoms with Gasteiger partial charge in [-0.3, -0.25) is 0 Å². The van der Waals surface area contributed by atoms with Gasteiger partial charge in [0.1, 0.15) is 0 Å². The fourth-order valence-electron chi connectivity index (χ4n) is 8.28. The van der Waals surface area contributed by atoms with Gasteiger partial charge >= 0.3 is 0 Å². The number of fused-ring (bicyclic) bond motifs is 3. The van der Waals surface area contributed by atoms with Crippen LogP contribution >= 0.6 is 0 Å². The Bertz CT molecular complexity index is 3490. The summed E-state index contributed by atoms with van der Waals surface area (Å²) < 4.78 is 2.09. The number of hydrogen-bond acceptors (Lipinski definition) is 4. The van der Waals surface area contributed by atoms with E-state index in [2.05, 4.69) is 84.7 Å². The summed E-state index contributed by atoms with van der Waals surface area (Å²) in [4.78, 5) is 23.3. The second kappa shape index (κ2) is 16.5. The molecule has 0 atom stereocenters. The lowest BCUT2D eigenvalue weighted by atomic mass is 9.96. The number of benzene rings is 8. The third-order valence-electron chi connectivity index (χ3n) is 11.3. The summed E-state index contributed by atoms with van der Waals surface area (Å²) in [6.07, 6.45) is 0. The van der Waals surface area contributed by atoms with Gasteiger partial charge in [-0.15, -0.1) is 0 Å². The van der Waals surface area contributed by atoms with Gasteiger partial charge in [0.2, 0.25) is 5.69 Å². The fraction of sp³-hybridized carbons (Fsp3) is 0. The van der Waals surface area contributed by atoms with Crippen molar-refractivity contribution in [1.82, 2.24) is 14.5 Å². The van der Waals surface area contributed by atoms with Crippen molar-refractivity contribution in [3.05, 3.63) is 234 Å². The lowest BCUT2D eigenvalue weighted by molar-refractivity contribution is 1.18. The van der Waals surface area contributed by atoms with Crippen LogP contribution in [0.3, 0.4) is 0 Å². The molecule has 8 aromatic carbocycles. The van der Waals surface area contributed by atoms with Crippen LogP contribution in [0.2, 0.25) is 0 Å². The van der Waals surface area contributed by atoms with Gasteiger partial charge in [0.05, 0.1) is 59.5 Å². The van der Waals surface area contributed by atoms with Gasteiger partial charge in [-0.05, 0) is 95.6 Å². The van der Waals surface area contributed by atoms with Gasteiger partial charge in [-0.1, -0.05) is 115 Å². The van der Waals surface area contributed by atoms with Crippen molar-refractivity contribution < 1.29 is 0 Å². The SMILES string of the molecule is [C-]#[N+]c1cccc(-c2cc(-c3ccc(-c4cc([N+]#[C-])c(-n5c6ccccc6c6cc(N(c7ccccc7)c7ccccc7)ccc65)cc4C#N)cc3)nc(-c3cccc([N+]#[C-])c3)n2)c1. The van der Waals surface area contributed by atoms with Crippen LogP contribution in [0.1, 0.15) is 5.56 Å². The Morgan fingerprint density at radius 1 is 0.469 bits per heavy atom. The third-order valence-corrected chi connectivity index (χ3v) is 11.3. The molecule has 0 aliphatic heterocycles. The third kappa shape index (κ3) is 7.02.